The zero-order chi connectivity index (χ0) is 16.8. The van der Waals surface area contributed by atoms with Crippen molar-refractivity contribution in [3.8, 4) is 5.75 Å². The third-order valence-corrected chi connectivity index (χ3v) is 4.12. The van der Waals surface area contributed by atoms with E-state index in [1.54, 1.807) is 29.9 Å². The molecule has 0 saturated carbocycles. The Labute approximate surface area is 143 Å². The first-order valence-electron chi connectivity index (χ1n) is 7.37. The smallest absolute Gasteiger partial charge is 0.414 e. The van der Waals surface area contributed by atoms with Crippen LogP contribution >= 0.6 is 11.3 Å². The molecule has 0 radical (unpaired) electrons. The molecule has 1 amide bonds. The molecule has 122 valence electrons. The fourth-order valence-corrected chi connectivity index (χ4v) is 2.72. The maximum Gasteiger partial charge on any atom is 0.414 e. The molecular formula is C18H16N2O3S. The number of hydrogen-bond donors (Lipinski definition) is 1. The molecular weight excluding hydrogens is 324 g/mol. The monoisotopic (exact) mass is 340 g/mol. The molecule has 0 spiro atoms. The Bertz CT molecular complexity index is 791. The van der Waals surface area contributed by atoms with Crippen LogP contribution in [0.4, 0.5) is 10.5 Å². The van der Waals surface area contributed by atoms with Crippen LogP contribution < -0.4 is 4.90 Å². The number of phenolic OH excluding ortho intramolecular Hbond substituents is 1. The molecule has 1 heterocycles. The van der Waals surface area contributed by atoms with Gasteiger partial charge in [0, 0.05) is 12.3 Å². The quantitative estimate of drug-likeness (QED) is 0.756. The Kier molecular flexibility index (Phi) is 5.08. The molecule has 1 N–H and O–H groups in total. The van der Waals surface area contributed by atoms with E-state index in [0.717, 1.165) is 10.4 Å². The number of carbonyl (C=O) groups excluding carboxylic acids is 1. The summed E-state index contributed by atoms with van der Waals surface area (Å²) in [5, 5.41) is 9.70. The lowest BCUT2D eigenvalue weighted by Gasteiger charge is -2.22. The molecule has 6 heteroatoms. The maximum absolute atomic E-state index is 12.6. The van der Waals surface area contributed by atoms with Crippen molar-refractivity contribution in [3.63, 3.8) is 0 Å². The zero-order valence-corrected chi connectivity index (χ0v) is 13.6. The summed E-state index contributed by atoms with van der Waals surface area (Å²) in [5.74, 6) is 0.0980. The van der Waals surface area contributed by atoms with Crippen molar-refractivity contribution >= 4 is 23.1 Å². The van der Waals surface area contributed by atoms with Crippen LogP contribution in [0.2, 0.25) is 0 Å². The molecule has 0 fully saturated rings. The largest absolute Gasteiger partial charge is 0.508 e. The highest BCUT2D eigenvalue weighted by Gasteiger charge is 2.18. The summed E-state index contributed by atoms with van der Waals surface area (Å²) in [4.78, 5) is 18.9. The van der Waals surface area contributed by atoms with Crippen molar-refractivity contribution in [3.05, 3.63) is 76.7 Å². The van der Waals surface area contributed by atoms with E-state index in [1.165, 1.54) is 22.3 Å². The summed E-state index contributed by atoms with van der Waals surface area (Å²) < 4.78 is 5.39. The van der Waals surface area contributed by atoms with Crippen LogP contribution in [0.15, 0.2) is 66.3 Å². The average Bonchev–Trinajstić information content (AvgIpc) is 3.12. The van der Waals surface area contributed by atoms with Crippen molar-refractivity contribution in [2.24, 2.45) is 0 Å². The Balaban J connectivity index is 1.79. The second kappa shape index (κ2) is 7.61. The van der Waals surface area contributed by atoms with E-state index in [-0.39, 0.29) is 12.4 Å². The minimum absolute atomic E-state index is 0.0980. The summed E-state index contributed by atoms with van der Waals surface area (Å²) in [6.45, 7) is 0.527. The summed E-state index contributed by atoms with van der Waals surface area (Å²) >= 11 is 1.43. The van der Waals surface area contributed by atoms with E-state index in [4.69, 9.17) is 4.74 Å². The zero-order valence-electron chi connectivity index (χ0n) is 12.8. The Morgan fingerprint density at radius 1 is 1.17 bits per heavy atom. The lowest BCUT2D eigenvalue weighted by molar-refractivity contribution is 0.147. The van der Waals surface area contributed by atoms with Crippen LogP contribution in [0, 0.1) is 0 Å². The molecule has 0 unspecified atom stereocenters. The second-order valence-corrected chi connectivity index (χ2v) is 6.08. The highest BCUT2D eigenvalue weighted by molar-refractivity contribution is 7.09. The van der Waals surface area contributed by atoms with Crippen molar-refractivity contribution in [1.82, 2.24) is 4.98 Å². The number of phenols is 1. The van der Waals surface area contributed by atoms with Crippen molar-refractivity contribution in [2.45, 2.75) is 13.2 Å². The van der Waals surface area contributed by atoms with E-state index >= 15 is 0 Å². The number of anilines is 1. The van der Waals surface area contributed by atoms with Gasteiger partial charge in [-0.3, -0.25) is 9.88 Å². The molecule has 0 saturated heterocycles. The highest BCUT2D eigenvalue weighted by Crippen LogP contribution is 2.23. The SMILES string of the molecule is O=C(OCc1cncs1)N(Cc1ccccc1)c1cccc(O)c1. The molecule has 0 aliphatic rings. The van der Waals surface area contributed by atoms with Gasteiger partial charge in [0.25, 0.3) is 0 Å². The summed E-state index contributed by atoms with van der Waals surface area (Å²) in [6.07, 6.45) is 1.20. The van der Waals surface area contributed by atoms with Gasteiger partial charge in [0.05, 0.1) is 22.6 Å². The first-order valence-corrected chi connectivity index (χ1v) is 8.25. The summed E-state index contributed by atoms with van der Waals surface area (Å²) in [5.41, 5.74) is 3.24. The fraction of sp³-hybridized carbons (Fsp3) is 0.111. The maximum atomic E-state index is 12.6. The van der Waals surface area contributed by atoms with Crippen molar-refractivity contribution in [2.75, 3.05) is 4.90 Å². The molecule has 0 bridgehead atoms. The minimum atomic E-state index is -0.474. The average molecular weight is 340 g/mol. The molecule has 24 heavy (non-hydrogen) atoms. The van der Waals surface area contributed by atoms with Crippen LogP contribution in [-0.4, -0.2) is 16.2 Å². The number of aromatic hydroxyl groups is 1. The minimum Gasteiger partial charge on any atom is -0.508 e. The van der Waals surface area contributed by atoms with Gasteiger partial charge in [0.15, 0.2) is 0 Å². The fourth-order valence-electron chi connectivity index (χ4n) is 2.21. The van der Waals surface area contributed by atoms with Gasteiger partial charge in [-0.1, -0.05) is 36.4 Å². The molecule has 2 aromatic carbocycles. The predicted octanol–water partition coefficient (Wildman–Crippen LogP) is 4.19. The Morgan fingerprint density at radius 2 is 2.00 bits per heavy atom. The lowest BCUT2D eigenvalue weighted by atomic mass is 10.2. The predicted molar refractivity (Wildman–Crippen MR) is 93.0 cm³/mol. The van der Waals surface area contributed by atoms with E-state index in [2.05, 4.69) is 4.98 Å². The third kappa shape index (κ3) is 4.11. The van der Waals surface area contributed by atoms with Crippen LogP contribution in [0.25, 0.3) is 0 Å². The molecule has 0 atom stereocenters. The first-order chi connectivity index (χ1) is 11.7. The van der Waals surface area contributed by atoms with Gasteiger partial charge in [0.1, 0.15) is 12.4 Å². The van der Waals surface area contributed by atoms with Gasteiger partial charge in [-0.05, 0) is 17.7 Å². The molecule has 5 nitrogen and oxygen atoms in total. The van der Waals surface area contributed by atoms with Crippen LogP contribution in [0.5, 0.6) is 5.75 Å². The lowest BCUT2D eigenvalue weighted by Crippen LogP contribution is -2.30. The van der Waals surface area contributed by atoms with E-state index in [0.29, 0.717) is 12.2 Å². The van der Waals surface area contributed by atoms with Gasteiger partial charge in [-0.15, -0.1) is 11.3 Å². The molecule has 0 aliphatic heterocycles. The van der Waals surface area contributed by atoms with Gasteiger partial charge in [-0.25, -0.2) is 4.79 Å². The van der Waals surface area contributed by atoms with Gasteiger partial charge < -0.3 is 9.84 Å². The van der Waals surface area contributed by atoms with Crippen LogP contribution in [0.3, 0.4) is 0 Å². The number of carbonyl (C=O) groups is 1. The number of nitrogens with zero attached hydrogens (tertiary/aromatic N) is 2. The van der Waals surface area contributed by atoms with Crippen LogP contribution in [0.1, 0.15) is 10.4 Å². The van der Waals surface area contributed by atoms with Gasteiger partial charge in [0.2, 0.25) is 0 Å². The van der Waals surface area contributed by atoms with E-state index in [9.17, 15) is 9.90 Å². The molecule has 0 aliphatic carbocycles. The number of hydrogen-bond acceptors (Lipinski definition) is 5. The summed E-state index contributed by atoms with van der Waals surface area (Å²) in [7, 11) is 0. The standard InChI is InChI=1S/C18H16N2O3S/c21-16-8-4-7-15(9-16)20(11-14-5-2-1-3-6-14)18(22)23-12-17-10-19-13-24-17/h1-10,13,21H,11-12H2. The Hall–Kier alpha value is -2.86. The summed E-state index contributed by atoms with van der Waals surface area (Å²) in [6, 6.07) is 16.2. The van der Waals surface area contributed by atoms with Crippen LogP contribution in [-0.2, 0) is 17.9 Å². The molecule has 3 rings (SSSR count). The first kappa shape index (κ1) is 16.0. The van der Waals surface area contributed by atoms with Gasteiger partial charge in [-0.2, -0.15) is 0 Å². The van der Waals surface area contributed by atoms with Crippen molar-refractivity contribution < 1.29 is 14.6 Å². The number of ether oxygens (including phenoxy) is 1. The number of rotatable bonds is 5. The third-order valence-electron chi connectivity index (χ3n) is 3.37. The topological polar surface area (TPSA) is 62.7 Å². The van der Waals surface area contributed by atoms with E-state index in [1.807, 2.05) is 30.3 Å². The van der Waals surface area contributed by atoms with Crippen molar-refractivity contribution in [1.29, 1.82) is 0 Å². The van der Waals surface area contributed by atoms with E-state index < -0.39 is 6.09 Å². The normalized spacial score (nSPS) is 10.3. The van der Waals surface area contributed by atoms with Gasteiger partial charge >= 0.3 is 6.09 Å². The number of aromatic nitrogens is 1. The number of amides is 1. The molecule has 1 aromatic heterocycles. The number of thiazole rings is 1. The second-order valence-electron chi connectivity index (χ2n) is 5.11. The number of benzene rings is 2. The molecule has 3 aromatic rings. The Morgan fingerprint density at radius 3 is 2.71 bits per heavy atom. The highest BCUT2D eigenvalue weighted by atomic mass is 32.1.